The van der Waals surface area contributed by atoms with Crippen molar-refractivity contribution in [1.82, 2.24) is 10.9 Å². The molecule has 0 unspecified atom stereocenters. The van der Waals surface area contributed by atoms with Crippen molar-refractivity contribution in [2.45, 2.75) is 11.8 Å². The molecule has 132 valence electrons. The summed E-state index contributed by atoms with van der Waals surface area (Å²) in [5, 5.41) is 0. The van der Waals surface area contributed by atoms with E-state index in [9.17, 15) is 9.59 Å². The number of nitrogens with one attached hydrogen (secondary N) is 2. The molecule has 6 nitrogen and oxygen atoms in total. The predicted octanol–water partition coefficient (Wildman–Crippen LogP) is 2.65. The number of hydrogen-bond donors (Lipinski definition) is 2. The van der Waals surface area contributed by atoms with E-state index in [-0.39, 0.29) is 17.6 Å². The Labute approximate surface area is 150 Å². The van der Waals surface area contributed by atoms with Gasteiger partial charge in [-0.05, 0) is 55.5 Å². The van der Waals surface area contributed by atoms with Gasteiger partial charge in [0.25, 0.3) is 5.91 Å². The van der Waals surface area contributed by atoms with Gasteiger partial charge in [0, 0.05) is 10.5 Å². The summed E-state index contributed by atoms with van der Waals surface area (Å²) in [6.07, 6.45) is 0. The van der Waals surface area contributed by atoms with Crippen LogP contribution in [0.3, 0.4) is 0 Å². The Morgan fingerprint density at radius 1 is 0.960 bits per heavy atom. The molecule has 2 rings (SSSR count). The molecule has 0 atom stereocenters. The lowest BCUT2D eigenvalue weighted by Crippen LogP contribution is -2.42. The van der Waals surface area contributed by atoms with Gasteiger partial charge in [-0.2, -0.15) is 0 Å². The molecule has 7 heteroatoms. The summed E-state index contributed by atoms with van der Waals surface area (Å²) < 4.78 is 10.4. The maximum Gasteiger partial charge on any atom is 0.269 e. The molecular weight excluding hydrogens is 340 g/mol. The molecule has 0 aliphatic carbocycles. The summed E-state index contributed by atoms with van der Waals surface area (Å²) >= 11 is 1.37. The molecule has 0 fully saturated rings. The molecule has 2 N–H and O–H groups in total. The highest BCUT2D eigenvalue weighted by Crippen LogP contribution is 2.20. The third-order valence-corrected chi connectivity index (χ3v) is 4.18. The monoisotopic (exact) mass is 360 g/mol. The smallest absolute Gasteiger partial charge is 0.269 e. The van der Waals surface area contributed by atoms with Crippen LogP contribution >= 0.6 is 11.8 Å². The van der Waals surface area contributed by atoms with E-state index in [0.29, 0.717) is 17.9 Å². The fraction of sp³-hybridized carbons (Fsp3) is 0.222. The largest absolute Gasteiger partial charge is 0.497 e. The standard InChI is InChI=1S/C18H20N2O4S/c1-3-24-15-6-4-13(5-7-15)18(22)20-19-17(21)12-25-16-10-8-14(23-2)9-11-16/h4-11H,3,12H2,1-2H3,(H,19,21)(H,20,22). The maximum absolute atomic E-state index is 12.0. The minimum Gasteiger partial charge on any atom is -0.497 e. The van der Waals surface area contributed by atoms with E-state index >= 15 is 0 Å². The summed E-state index contributed by atoms with van der Waals surface area (Å²) in [5.41, 5.74) is 5.23. The van der Waals surface area contributed by atoms with Crippen molar-refractivity contribution in [3.8, 4) is 11.5 Å². The summed E-state index contributed by atoms with van der Waals surface area (Å²) in [6, 6.07) is 14.1. The van der Waals surface area contributed by atoms with Crippen LogP contribution in [0.25, 0.3) is 0 Å². The molecule has 0 spiro atoms. The molecule has 25 heavy (non-hydrogen) atoms. The molecule has 0 aliphatic rings. The van der Waals surface area contributed by atoms with Crippen molar-refractivity contribution in [3.05, 3.63) is 54.1 Å². The number of thioether (sulfide) groups is 1. The van der Waals surface area contributed by atoms with Crippen LogP contribution in [0.4, 0.5) is 0 Å². The van der Waals surface area contributed by atoms with Gasteiger partial charge >= 0.3 is 0 Å². The van der Waals surface area contributed by atoms with Crippen molar-refractivity contribution < 1.29 is 19.1 Å². The normalized spacial score (nSPS) is 10.0. The Bertz CT molecular complexity index is 702. The highest BCUT2D eigenvalue weighted by atomic mass is 32.2. The van der Waals surface area contributed by atoms with Crippen LogP contribution in [0.15, 0.2) is 53.4 Å². The Kier molecular flexibility index (Phi) is 7.16. The number of carbonyl (C=O) groups excluding carboxylic acids is 2. The van der Waals surface area contributed by atoms with Crippen molar-refractivity contribution in [1.29, 1.82) is 0 Å². The first kappa shape index (κ1) is 18.7. The number of ether oxygens (including phenoxy) is 2. The SMILES string of the molecule is CCOc1ccc(C(=O)NNC(=O)CSc2ccc(OC)cc2)cc1. The minimum atomic E-state index is -0.383. The Morgan fingerprint density at radius 3 is 2.20 bits per heavy atom. The van der Waals surface area contributed by atoms with E-state index in [2.05, 4.69) is 10.9 Å². The minimum absolute atomic E-state index is 0.190. The second kappa shape index (κ2) is 9.58. The fourth-order valence-corrected chi connectivity index (χ4v) is 2.62. The third kappa shape index (κ3) is 6.04. The number of hydrazine groups is 1. The molecule has 2 amide bonds. The van der Waals surface area contributed by atoms with Gasteiger partial charge in [0.15, 0.2) is 0 Å². The highest BCUT2D eigenvalue weighted by molar-refractivity contribution is 8.00. The van der Waals surface area contributed by atoms with Crippen LogP contribution in [0, 0.1) is 0 Å². The lowest BCUT2D eigenvalue weighted by atomic mass is 10.2. The van der Waals surface area contributed by atoms with Gasteiger partial charge in [0.2, 0.25) is 5.91 Å². The topological polar surface area (TPSA) is 76.7 Å². The van der Waals surface area contributed by atoms with Crippen LogP contribution in [0.5, 0.6) is 11.5 Å². The first-order valence-corrected chi connectivity index (χ1v) is 8.70. The second-order valence-corrected chi connectivity index (χ2v) is 5.97. The van der Waals surface area contributed by atoms with Gasteiger partial charge in [-0.25, -0.2) is 0 Å². The molecule has 2 aromatic carbocycles. The fourth-order valence-electron chi connectivity index (χ4n) is 1.92. The zero-order valence-corrected chi connectivity index (χ0v) is 14.9. The van der Waals surface area contributed by atoms with Gasteiger partial charge in [-0.15, -0.1) is 11.8 Å². The van der Waals surface area contributed by atoms with Crippen LogP contribution in [-0.2, 0) is 4.79 Å². The van der Waals surface area contributed by atoms with E-state index in [0.717, 1.165) is 10.6 Å². The number of amides is 2. The van der Waals surface area contributed by atoms with E-state index < -0.39 is 0 Å². The van der Waals surface area contributed by atoms with Crippen molar-refractivity contribution in [2.24, 2.45) is 0 Å². The van der Waals surface area contributed by atoms with Crippen LogP contribution in [0.1, 0.15) is 17.3 Å². The Hall–Kier alpha value is -2.67. The van der Waals surface area contributed by atoms with Crippen molar-refractivity contribution >= 4 is 23.6 Å². The first-order valence-electron chi connectivity index (χ1n) is 7.71. The zero-order valence-electron chi connectivity index (χ0n) is 14.1. The second-order valence-electron chi connectivity index (χ2n) is 4.92. The average Bonchev–Trinajstić information content (AvgIpc) is 2.65. The van der Waals surface area contributed by atoms with Crippen LogP contribution < -0.4 is 20.3 Å². The summed E-state index contributed by atoms with van der Waals surface area (Å²) in [6.45, 7) is 2.45. The number of hydrogen-bond acceptors (Lipinski definition) is 5. The Balaban J connectivity index is 1.75. The molecule has 0 heterocycles. The van der Waals surface area contributed by atoms with Crippen molar-refractivity contribution in [2.75, 3.05) is 19.5 Å². The van der Waals surface area contributed by atoms with Gasteiger partial charge < -0.3 is 9.47 Å². The van der Waals surface area contributed by atoms with E-state index in [1.807, 2.05) is 31.2 Å². The lowest BCUT2D eigenvalue weighted by Gasteiger charge is -2.08. The van der Waals surface area contributed by atoms with Gasteiger partial charge in [-0.1, -0.05) is 0 Å². The molecule has 2 aromatic rings. The van der Waals surface area contributed by atoms with Gasteiger partial charge in [0.05, 0.1) is 19.5 Å². The first-order chi connectivity index (χ1) is 12.1. The van der Waals surface area contributed by atoms with E-state index in [4.69, 9.17) is 9.47 Å². The zero-order chi connectivity index (χ0) is 18.1. The molecule has 0 aliphatic heterocycles. The number of carbonyl (C=O) groups is 2. The Morgan fingerprint density at radius 2 is 1.60 bits per heavy atom. The van der Waals surface area contributed by atoms with Gasteiger partial charge in [-0.3, -0.25) is 20.4 Å². The highest BCUT2D eigenvalue weighted by Gasteiger charge is 2.08. The lowest BCUT2D eigenvalue weighted by molar-refractivity contribution is -0.119. The molecule has 0 saturated heterocycles. The van der Waals surface area contributed by atoms with E-state index in [1.165, 1.54) is 11.8 Å². The summed E-state index contributed by atoms with van der Waals surface area (Å²) in [4.78, 5) is 24.7. The number of benzene rings is 2. The molecule has 0 radical (unpaired) electrons. The molecular formula is C18H20N2O4S. The van der Waals surface area contributed by atoms with Crippen molar-refractivity contribution in [3.63, 3.8) is 0 Å². The van der Waals surface area contributed by atoms with Crippen LogP contribution in [0.2, 0.25) is 0 Å². The molecule has 0 saturated carbocycles. The van der Waals surface area contributed by atoms with Gasteiger partial charge in [0.1, 0.15) is 11.5 Å². The molecule has 0 aromatic heterocycles. The third-order valence-electron chi connectivity index (χ3n) is 3.17. The quantitative estimate of drug-likeness (QED) is 0.586. The number of rotatable bonds is 7. The summed E-state index contributed by atoms with van der Waals surface area (Å²) in [5.74, 6) is 0.969. The maximum atomic E-state index is 12.0. The predicted molar refractivity (Wildman–Crippen MR) is 96.9 cm³/mol. The van der Waals surface area contributed by atoms with E-state index in [1.54, 1.807) is 31.4 Å². The number of methoxy groups -OCH3 is 1. The van der Waals surface area contributed by atoms with Crippen LogP contribution in [-0.4, -0.2) is 31.3 Å². The summed E-state index contributed by atoms with van der Waals surface area (Å²) in [7, 11) is 1.60. The molecule has 0 bridgehead atoms. The average molecular weight is 360 g/mol.